The van der Waals surface area contributed by atoms with Crippen LogP contribution in [0.25, 0.3) is 10.9 Å². The molecule has 2 fully saturated rings. The number of hydrogen-bond acceptors (Lipinski definition) is 5. The standard InChI is InChI=1S/C27H33N5O3/c1-31(2)10-11-35-21-7-5-6-18(12-21)15-28-20-14-25-26(33)30-24(27(34)32(25)17-20)13-19-16-29-23-9-4-3-8-22(19)23/h3-9,12,16,20,24-25,28-29H,10-11,13-15,17H2,1-2H3,(H,30,33)/t20-,24-,25-/m0/s1. The highest BCUT2D eigenvalue weighted by molar-refractivity contribution is 5.98. The fourth-order valence-corrected chi connectivity index (χ4v) is 5.02. The number of nitrogens with zero attached hydrogens (tertiary/aromatic N) is 2. The number of piperazine rings is 1. The van der Waals surface area contributed by atoms with Gasteiger partial charge in [0, 0.05) is 49.2 Å². The normalized spacial score (nSPS) is 22.0. The van der Waals surface area contributed by atoms with E-state index >= 15 is 0 Å². The molecule has 3 atom stereocenters. The Bertz CT molecular complexity index is 1210. The highest BCUT2D eigenvalue weighted by atomic mass is 16.5. The zero-order valence-corrected chi connectivity index (χ0v) is 20.3. The second-order valence-corrected chi connectivity index (χ2v) is 9.74. The van der Waals surface area contributed by atoms with Crippen LogP contribution < -0.4 is 15.4 Å². The first kappa shape index (κ1) is 23.4. The number of aromatic nitrogens is 1. The Kier molecular flexibility index (Phi) is 6.74. The molecule has 0 aliphatic carbocycles. The molecule has 35 heavy (non-hydrogen) atoms. The largest absolute Gasteiger partial charge is 0.492 e. The Morgan fingerprint density at radius 1 is 1.14 bits per heavy atom. The molecule has 0 bridgehead atoms. The monoisotopic (exact) mass is 475 g/mol. The maximum atomic E-state index is 13.3. The molecule has 2 aliphatic heterocycles. The molecule has 3 N–H and O–H groups in total. The molecule has 0 saturated carbocycles. The summed E-state index contributed by atoms with van der Waals surface area (Å²) in [5.74, 6) is 0.792. The average Bonchev–Trinajstić information content (AvgIpc) is 3.46. The van der Waals surface area contributed by atoms with Crippen molar-refractivity contribution in [3.8, 4) is 5.75 Å². The lowest BCUT2D eigenvalue weighted by molar-refractivity contribution is -0.146. The molecule has 2 amide bonds. The van der Waals surface area contributed by atoms with E-state index in [4.69, 9.17) is 4.74 Å². The van der Waals surface area contributed by atoms with E-state index < -0.39 is 12.1 Å². The molecule has 8 nitrogen and oxygen atoms in total. The number of para-hydroxylation sites is 1. The highest BCUT2D eigenvalue weighted by Crippen LogP contribution is 2.26. The Morgan fingerprint density at radius 3 is 2.86 bits per heavy atom. The van der Waals surface area contributed by atoms with Crippen LogP contribution in [0.2, 0.25) is 0 Å². The minimum absolute atomic E-state index is 0.000436. The van der Waals surface area contributed by atoms with Gasteiger partial charge >= 0.3 is 0 Å². The van der Waals surface area contributed by atoms with Gasteiger partial charge in [0.05, 0.1) is 0 Å². The Hall–Kier alpha value is -3.36. The number of hydrogen-bond donors (Lipinski definition) is 3. The summed E-state index contributed by atoms with van der Waals surface area (Å²) in [6, 6.07) is 15.2. The Labute approximate surface area is 205 Å². The molecular formula is C27H33N5O3. The first-order valence-corrected chi connectivity index (χ1v) is 12.2. The van der Waals surface area contributed by atoms with E-state index in [1.54, 1.807) is 4.90 Å². The van der Waals surface area contributed by atoms with Crippen LogP contribution in [0.4, 0.5) is 0 Å². The summed E-state index contributed by atoms with van der Waals surface area (Å²) in [5, 5.41) is 7.61. The number of benzene rings is 2. The van der Waals surface area contributed by atoms with Crippen molar-refractivity contribution in [1.29, 1.82) is 0 Å². The lowest BCUT2D eigenvalue weighted by atomic mass is 10.0. The van der Waals surface area contributed by atoms with Crippen molar-refractivity contribution < 1.29 is 14.3 Å². The number of carbonyl (C=O) groups is 2. The number of fused-ring (bicyclic) bond motifs is 2. The molecule has 0 spiro atoms. The molecule has 2 aliphatic rings. The number of likely N-dealkylation sites (N-methyl/N-ethyl adjacent to an activating group) is 1. The van der Waals surface area contributed by atoms with Gasteiger partial charge in [-0.2, -0.15) is 0 Å². The first-order valence-electron chi connectivity index (χ1n) is 12.2. The summed E-state index contributed by atoms with van der Waals surface area (Å²) in [6.45, 7) is 2.70. The fraction of sp³-hybridized carbons (Fsp3) is 0.407. The van der Waals surface area contributed by atoms with Crippen LogP contribution in [-0.2, 0) is 22.6 Å². The van der Waals surface area contributed by atoms with Crippen molar-refractivity contribution >= 4 is 22.7 Å². The van der Waals surface area contributed by atoms with Crippen molar-refractivity contribution in [2.75, 3.05) is 33.8 Å². The number of carbonyl (C=O) groups excluding carboxylic acids is 2. The van der Waals surface area contributed by atoms with Gasteiger partial charge in [-0.15, -0.1) is 0 Å². The third kappa shape index (κ3) is 5.18. The second kappa shape index (κ2) is 10.1. The van der Waals surface area contributed by atoms with E-state index in [-0.39, 0.29) is 17.9 Å². The van der Waals surface area contributed by atoms with E-state index in [0.717, 1.165) is 34.3 Å². The predicted molar refractivity (Wildman–Crippen MR) is 135 cm³/mol. The molecule has 5 rings (SSSR count). The molecule has 3 heterocycles. The lowest BCUT2D eigenvalue weighted by Gasteiger charge is -2.34. The highest BCUT2D eigenvalue weighted by Gasteiger charge is 2.46. The van der Waals surface area contributed by atoms with Crippen LogP contribution in [0.15, 0.2) is 54.7 Å². The molecule has 2 saturated heterocycles. The van der Waals surface area contributed by atoms with Crippen molar-refractivity contribution in [1.82, 2.24) is 25.4 Å². The van der Waals surface area contributed by atoms with E-state index in [1.165, 1.54) is 0 Å². The first-order chi connectivity index (χ1) is 17.0. The van der Waals surface area contributed by atoms with E-state index in [9.17, 15) is 9.59 Å². The van der Waals surface area contributed by atoms with Gasteiger partial charge in [-0.1, -0.05) is 30.3 Å². The molecule has 184 valence electrons. The fourth-order valence-electron chi connectivity index (χ4n) is 5.02. The molecular weight excluding hydrogens is 442 g/mol. The van der Waals surface area contributed by atoms with Crippen LogP contribution in [0.5, 0.6) is 5.75 Å². The summed E-state index contributed by atoms with van der Waals surface area (Å²) >= 11 is 0. The number of aromatic amines is 1. The van der Waals surface area contributed by atoms with E-state index in [0.29, 0.717) is 32.5 Å². The van der Waals surface area contributed by atoms with Crippen molar-refractivity contribution in [2.45, 2.75) is 37.5 Å². The zero-order valence-electron chi connectivity index (χ0n) is 20.3. The van der Waals surface area contributed by atoms with Crippen molar-refractivity contribution in [2.24, 2.45) is 0 Å². The maximum absolute atomic E-state index is 13.3. The van der Waals surface area contributed by atoms with Crippen molar-refractivity contribution in [3.63, 3.8) is 0 Å². The van der Waals surface area contributed by atoms with Gasteiger partial charge in [0.1, 0.15) is 24.4 Å². The average molecular weight is 476 g/mol. The Morgan fingerprint density at radius 2 is 2.00 bits per heavy atom. The summed E-state index contributed by atoms with van der Waals surface area (Å²) in [7, 11) is 4.04. The number of rotatable bonds is 9. The number of H-pyrrole nitrogens is 1. The van der Waals surface area contributed by atoms with Crippen LogP contribution in [0.3, 0.4) is 0 Å². The lowest BCUT2D eigenvalue weighted by Crippen LogP contribution is -2.61. The summed E-state index contributed by atoms with van der Waals surface area (Å²) < 4.78 is 5.84. The third-order valence-electron chi connectivity index (χ3n) is 6.90. The van der Waals surface area contributed by atoms with Crippen LogP contribution in [0.1, 0.15) is 17.5 Å². The van der Waals surface area contributed by atoms with Gasteiger partial charge in [0.25, 0.3) is 0 Å². The van der Waals surface area contributed by atoms with Crippen LogP contribution in [0, 0.1) is 0 Å². The molecule has 8 heteroatoms. The van der Waals surface area contributed by atoms with E-state index in [1.807, 2.05) is 62.8 Å². The number of nitrogens with one attached hydrogen (secondary N) is 3. The summed E-state index contributed by atoms with van der Waals surface area (Å²) in [5.41, 5.74) is 3.19. The second-order valence-electron chi connectivity index (χ2n) is 9.74. The Balaban J connectivity index is 1.18. The minimum Gasteiger partial charge on any atom is -0.492 e. The zero-order chi connectivity index (χ0) is 24.4. The third-order valence-corrected chi connectivity index (χ3v) is 6.90. The number of amides is 2. The van der Waals surface area contributed by atoms with Crippen LogP contribution >= 0.6 is 0 Å². The minimum atomic E-state index is -0.535. The van der Waals surface area contributed by atoms with E-state index in [2.05, 4.69) is 26.6 Å². The quantitative estimate of drug-likeness (QED) is 0.440. The summed E-state index contributed by atoms with van der Waals surface area (Å²) in [4.78, 5) is 33.3. The smallest absolute Gasteiger partial charge is 0.246 e. The molecule has 0 unspecified atom stereocenters. The van der Waals surface area contributed by atoms with Gasteiger partial charge in [-0.25, -0.2) is 0 Å². The van der Waals surface area contributed by atoms with Gasteiger partial charge in [-0.3, -0.25) is 9.59 Å². The molecule has 0 radical (unpaired) electrons. The molecule has 1 aromatic heterocycles. The van der Waals surface area contributed by atoms with Gasteiger partial charge in [0.15, 0.2) is 0 Å². The molecule has 3 aromatic rings. The van der Waals surface area contributed by atoms with Gasteiger partial charge in [-0.05, 0) is 49.8 Å². The molecule has 2 aromatic carbocycles. The maximum Gasteiger partial charge on any atom is 0.246 e. The van der Waals surface area contributed by atoms with Crippen LogP contribution in [-0.4, -0.2) is 78.5 Å². The summed E-state index contributed by atoms with van der Waals surface area (Å²) in [6.07, 6.45) is 3.04. The topological polar surface area (TPSA) is 89.7 Å². The van der Waals surface area contributed by atoms with Gasteiger partial charge < -0.3 is 30.2 Å². The van der Waals surface area contributed by atoms with Crippen molar-refractivity contribution in [3.05, 3.63) is 65.9 Å². The van der Waals surface area contributed by atoms with Gasteiger partial charge in [0.2, 0.25) is 11.8 Å². The number of ether oxygens (including phenoxy) is 1. The predicted octanol–water partition coefficient (Wildman–Crippen LogP) is 1.91. The SMILES string of the molecule is CN(C)CCOc1cccc(CN[C@H]2C[C@H]3C(=O)N[C@@H](Cc4c[nH]c5ccccc45)C(=O)N3C2)c1.